The van der Waals surface area contributed by atoms with Crippen molar-refractivity contribution in [3.05, 3.63) is 48.6 Å². The molecule has 1 aliphatic heterocycles. The summed E-state index contributed by atoms with van der Waals surface area (Å²) in [5, 5.41) is 3.48. The maximum Gasteiger partial charge on any atom is 0.410 e. The second kappa shape index (κ2) is 6.09. The Morgan fingerprint density at radius 3 is 2.85 bits per heavy atom. The van der Waals surface area contributed by atoms with Gasteiger partial charge in [0.15, 0.2) is 0 Å². The first-order valence-corrected chi connectivity index (χ1v) is 6.88. The molecule has 1 aliphatic rings. The SMILES string of the molecule is C=CCOC(=O)N1CC(C)(C)NCC1c1ccccc1. The lowest BCUT2D eigenvalue weighted by Crippen LogP contribution is -2.59. The van der Waals surface area contributed by atoms with Crippen LogP contribution < -0.4 is 5.32 Å². The van der Waals surface area contributed by atoms with E-state index in [-0.39, 0.29) is 24.3 Å². The average molecular weight is 274 g/mol. The molecule has 4 nitrogen and oxygen atoms in total. The van der Waals surface area contributed by atoms with E-state index in [1.165, 1.54) is 0 Å². The van der Waals surface area contributed by atoms with Crippen LogP contribution in [0.4, 0.5) is 4.79 Å². The Morgan fingerprint density at radius 2 is 2.20 bits per heavy atom. The van der Waals surface area contributed by atoms with Crippen LogP contribution >= 0.6 is 0 Å². The van der Waals surface area contributed by atoms with E-state index in [4.69, 9.17) is 4.74 Å². The van der Waals surface area contributed by atoms with Crippen molar-refractivity contribution in [2.75, 3.05) is 19.7 Å². The van der Waals surface area contributed by atoms with Crippen LogP contribution in [0.15, 0.2) is 43.0 Å². The van der Waals surface area contributed by atoms with Crippen LogP contribution in [0.5, 0.6) is 0 Å². The highest BCUT2D eigenvalue weighted by molar-refractivity contribution is 5.69. The number of piperazine rings is 1. The highest BCUT2D eigenvalue weighted by Gasteiger charge is 2.36. The molecule has 1 unspecified atom stereocenters. The van der Waals surface area contributed by atoms with E-state index >= 15 is 0 Å². The Kier molecular flexibility index (Phi) is 4.45. The van der Waals surface area contributed by atoms with Crippen molar-refractivity contribution in [1.29, 1.82) is 0 Å². The molecule has 0 radical (unpaired) electrons. The van der Waals surface area contributed by atoms with Crippen molar-refractivity contribution < 1.29 is 9.53 Å². The summed E-state index contributed by atoms with van der Waals surface area (Å²) < 4.78 is 5.22. The molecule has 2 rings (SSSR count). The van der Waals surface area contributed by atoms with Gasteiger partial charge in [-0.15, -0.1) is 0 Å². The third-order valence-electron chi connectivity index (χ3n) is 3.46. The van der Waals surface area contributed by atoms with E-state index in [9.17, 15) is 4.79 Å². The quantitative estimate of drug-likeness (QED) is 0.862. The fourth-order valence-electron chi connectivity index (χ4n) is 2.45. The van der Waals surface area contributed by atoms with Crippen molar-refractivity contribution in [1.82, 2.24) is 10.2 Å². The molecule has 1 aromatic carbocycles. The molecule has 1 fully saturated rings. The predicted molar refractivity (Wildman–Crippen MR) is 79.5 cm³/mol. The van der Waals surface area contributed by atoms with Crippen molar-refractivity contribution in [2.45, 2.75) is 25.4 Å². The normalized spacial score (nSPS) is 21.3. The zero-order chi connectivity index (χ0) is 14.6. The summed E-state index contributed by atoms with van der Waals surface area (Å²) in [6.45, 7) is 9.32. The van der Waals surface area contributed by atoms with Gasteiger partial charge < -0.3 is 10.1 Å². The maximum absolute atomic E-state index is 12.3. The Hall–Kier alpha value is -1.81. The number of nitrogens with one attached hydrogen (secondary N) is 1. The summed E-state index contributed by atoms with van der Waals surface area (Å²) in [5.41, 5.74) is 1.00. The molecular formula is C16H22N2O2. The fourth-order valence-corrected chi connectivity index (χ4v) is 2.45. The second-order valence-electron chi connectivity index (χ2n) is 5.68. The molecule has 1 heterocycles. The van der Waals surface area contributed by atoms with Crippen LogP contribution in [0, 0.1) is 0 Å². The molecule has 0 saturated carbocycles. The standard InChI is InChI=1S/C16H22N2O2/c1-4-10-20-15(19)18-12-16(2,3)17-11-14(18)13-8-6-5-7-9-13/h4-9,14,17H,1,10-12H2,2-3H3. The van der Waals surface area contributed by atoms with Crippen LogP contribution in [0.3, 0.4) is 0 Å². The van der Waals surface area contributed by atoms with Crippen molar-refractivity contribution in [3.63, 3.8) is 0 Å². The molecule has 4 heteroatoms. The van der Waals surface area contributed by atoms with Gasteiger partial charge in [0.2, 0.25) is 0 Å². The van der Waals surface area contributed by atoms with Gasteiger partial charge in [0.1, 0.15) is 6.61 Å². The van der Waals surface area contributed by atoms with Gasteiger partial charge in [0.05, 0.1) is 6.04 Å². The van der Waals surface area contributed by atoms with Gasteiger partial charge in [-0.3, -0.25) is 4.90 Å². The predicted octanol–water partition coefficient (Wildman–Crippen LogP) is 2.73. The Bertz CT molecular complexity index is 471. The van der Waals surface area contributed by atoms with Crippen LogP contribution in [0.1, 0.15) is 25.5 Å². The minimum Gasteiger partial charge on any atom is -0.445 e. The molecule has 108 valence electrons. The van der Waals surface area contributed by atoms with E-state index in [1.54, 1.807) is 11.0 Å². The first kappa shape index (κ1) is 14.6. The van der Waals surface area contributed by atoms with Gasteiger partial charge in [0.25, 0.3) is 0 Å². The monoisotopic (exact) mass is 274 g/mol. The molecule has 0 aliphatic carbocycles. The molecule has 0 spiro atoms. The van der Waals surface area contributed by atoms with E-state index in [0.29, 0.717) is 6.54 Å². The van der Waals surface area contributed by atoms with Crippen molar-refractivity contribution >= 4 is 6.09 Å². The number of hydrogen-bond donors (Lipinski definition) is 1. The first-order valence-electron chi connectivity index (χ1n) is 6.88. The lowest BCUT2D eigenvalue weighted by Gasteiger charge is -2.44. The van der Waals surface area contributed by atoms with Gasteiger partial charge in [-0.1, -0.05) is 43.0 Å². The molecule has 1 aromatic rings. The number of ether oxygens (including phenoxy) is 1. The Morgan fingerprint density at radius 1 is 1.50 bits per heavy atom. The lowest BCUT2D eigenvalue weighted by molar-refractivity contribution is 0.0599. The Balaban J connectivity index is 2.20. The third-order valence-corrected chi connectivity index (χ3v) is 3.46. The number of nitrogens with zero attached hydrogens (tertiary/aromatic N) is 1. The van der Waals surface area contributed by atoms with E-state index in [1.807, 2.05) is 30.3 Å². The van der Waals surface area contributed by atoms with E-state index < -0.39 is 0 Å². The first-order chi connectivity index (χ1) is 9.53. The number of carbonyl (C=O) groups excluding carboxylic acids is 1. The van der Waals surface area contributed by atoms with E-state index in [2.05, 4.69) is 25.7 Å². The fraction of sp³-hybridized carbons (Fsp3) is 0.438. The van der Waals surface area contributed by atoms with Crippen LogP contribution in [-0.4, -0.2) is 36.2 Å². The largest absolute Gasteiger partial charge is 0.445 e. The molecule has 0 bridgehead atoms. The minimum atomic E-state index is -0.284. The summed E-state index contributed by atoms with van der Waals surface area (Å²) in [6, 6.07) is 10.0. The van der Waals surface area contributed by atoms with Gasteiger partial charge in [0, 0.05) is 18.6 Å². The molecule has 1 amide bonds. The summed E-state index contributed by atoms with van der Waals surface area (Å²) in [6.07, 6.45) is 1.30. The topological polar surface area (TPSA) is 41.6 Å². The Labute approximate surface area is 120 Å². The molecular weight excluding hydrogens is 252 g/mol. The van der Waals surface area contributed by atoms with Crippen molar-refractivity contribution in [3.8, 4) is 0 Å². The van der Waals surface area contributed by atoms with Crippen LogP contribution in [-0.2, 0) is 4.74 Å². The average Bonchev–Trinajstić information content (AvgIpc) is 2.44. The molecule has 1 N–H and O–H groups in total. The smallest absolute Gasteiger partial charge is 0.410 e. The van der Waals surface area contributed by atoms with Crippen LogP contribution in [0.25, 0.3) is 0 Å². The number of hydrogen-bond acceptors (Lipinski definition) is 3. The molecule has 0 aromatic heterocycles. The van der Waals surface area contributed by atoms with Gasteiger partial charge in [-0.05, 0) is 19.4 Å². The third kappa shape index (κ3) is 3.39. The zero-order valence-corrected chi connectivity index (χ0v) is 12.1. The van der Waals surface area contributed by atoms with Crippen molar-refractivity contribution in [2.24, 2.45) is 0 Å². The maximum atomic E-state index is 12.3. The summed E-state index contributed by atoms with van der Waals surface area (Å²) in [5.74, 6) is 0. The lowest BCUT2D eigenvalue weighted by atomic mass is 9.95. The zero-order valence-electron chi connectivity index (χ0n) is 12.1. The number of benzene rings is 1. The summed E-state index contributed by atoms with van der Waals surface area (Å²) in [7, 11) is 0. The highest BCUT2D eigenvalue weighted by atomic mass is 16.6. The van der Waals surface area contributed by atoms with Gasteiger partial charge in [-0.25, -0.2) is 4.79 Å². The highest BCUT2D eigenvalue weighted by Crippen LogP contribution is 2.27. The number of rotatable bonds is 3. The van der Waals surface area contributed by atoms with Crippen LogP contribution in [0.2, 0.25) is 0 Å². The second-order valence-corrected chi connectivity index (χ2v) is 5.68. The van der Waals surface area contributed by atoms with Gasteiger partial charge in [-0.2, -0.15) is 0 Å². The molecule has 1 saturated heterocycles. The summed E-state index contributed by atoms with van der Waals surface area (Å²) >= 11 is 0. The molecule has 20 heavy (non-hydrogen) atoms. The minimum absolute atomic E-state index is 0.00143. The molecule has 1 atom stereocenters. The number of carbonyl (C=O) groups is 1. The number of amides is 1. The van der Waals surface area contributed by atoms with E-state index in [0.717, 1.165) is 12.1 Å². The summed E-state index contributed by atoms with van der Waals surface area (Å²) in [4.78, 5) is 14.1. The van der Waals surface area contributed by atoms with Gasteiger partial charge >= 0.3 is 6.09 Å².